The van der Waals surface area contributed by atoms with Crippen LogP contribution in [0, 0.1) is 5.92 Å². The van der Waals surface area contributed by atoms with Gasteiger partial charge >= 0.3 is 11.5 Å². The molecule has 3 rings (SSSR count). The molecule has 0 radical (unpaired) electrons. The molecule has 2 aliphatic heterocycles. The average Bonchev–Trinajstić information content (AvgIpc) is 2.96. The predicted octanol–water partition coefficient (Wildman–Crippen LogP) is 1.34. The van der Waals surface area contributed by atoms with Gasteiger partial charge in [-0.3, -0.25) is 14.4 Å². The van der Waals surface area contributed by atoms with Crippen molar-refractivity contribution < 1.29 is 37.5 Å². The predicted molar refractivity (Wildman–Crippen MR) is 98.8 cm³/mol. The van der Waals surface area contributed by atoms with E-state index >= 15 is 0 Å². The van der Waals surface area contributed by atoms with Gasteiger partial charge < -0.3 is 14.4 Å². The highest BCUT2D eigenvalue weighted by Gasteiger charge is 2.47. The molecular formula is C19H22ClF2N2O5+. The Morgan fingerprint density at radius 2 is 1.86 bits per heavy atom. The van der Waals surface area contributed by atoms with Crippen molar-refractivity contribution in [3.8, 4) is 5.75 Å². The number of hydrogen-bond acceptors (Lipinski definition) is 5. The Balaban J connectivity index is 1.64. The number of piperidine rings is 1. The van der Waals surface area contributed by atoms with Crippen LogP contribution in [0.1, 0.15) is 26.2 Å². The van der Waals surface area contributed by atoms with Gasteiger partial charge in [0.2, 0.25) is 5.91 Å². The number of ether oxygens (including phenoxy) is 2. The highest BCUT2D eigenvalue weighted by Crippen LogP contribution is 2.29. The number of amides is 2. The van der Waals surface area contributed by atoms with Crippen molar-refractivity contribution in [2.45, 2.75) is 37.8 Å². The molecule has 1 aromatic rings. The second-order valence-electron chi connectivity index (χ2n) is 7.05. The van der Waals surface area contributed by atoms with E-state index in [1.54, 1.807) is 6.92 Å². The van der Waals surface area contributed by atoms with E-state index in [0.717, 1.165) is 9.80 Å². The first-order chi connectivity index (χ1) is 13.7. The molecule has 1 atom stereocenters. The summed E-state index contributed by atoms with van der Waals surface area (Å²) in [5.41, 5.74) is -3.56. The van der Waals surface area contributed by atoms with Gasteiger partial charge in [0, 0.05) is 24.4 Å². The Morgan fingerprint density at radius 1 is 1.24 bits per heavy atom. The number of benzene rings is 1. The van der Waals surface area contributed by atoms with E-state index in [1.807, 2.05) is 0 Å². The second-order valence-corrected chi connectivity index (χ2v) is 7.49. The van der Waals surface area contributed by atoms with Crippen molar-refractivity contribution in [2.75, 3.05) is 24.6 Å². The lowest BCUT2D eigenvalue weighted by Crippen LogP contribution is -3.17. The minimum Gasteiger partial charge on any atom is -0.466 e. The Bertz CT molecular complexity index is 776. The quantitative estimate of drug-likeness (QED) is 0.418. The molecule has 2 amide bonds. The van der Waals surface area contributed by atoms with E-state index < -0.39 is 11.6 Å². The highest BCUT2D eigenvalue weighted by atomic mass is 35.5. The maximum absolute atomic E-state index is 12.9. The summed E-state index contributed by atoms with van der Waals surface area (Å²) >= 11 is 4.73. The van der Waals surface area contributed by atoms with E-state index in [0.29, 0.717) is 32.5 Å². The van der Waals surface area contributed by atoms with Crippen LogP contribution < -0.4 is 14.5 Å². The van der Waals surface area contributed by atoms with Crippen molar-refractivity contribution >= 4 is 35.1 Å². The van der Waals surface area contributed by atoms with E-state index in [1.165, 1.54) is 24.3 Å². The largest absolute Gasteiger partial charge is 0.487 e. The first-order valence-electron chi connectivity index (χ1n) is 9.43. The molecule has 0 aliphatic carbocycles. The fourth-order valence-corrected chi connectivity index (χ4v) is 3.94. The molecular weight excluding hydrogens is 410 g/mol. The fourth-order valence-electron chi connectivity index (χ4n) is 3.85. The normalized spacial score (nSPS) is 25.2. The fraction of sp³-hybridized carbons (Fsp3) is 0.526. The number of imide groups is 1. The Labute approximate surface area is 171 Å². The van der Waals surface area contributed by atoms with Crippen molar-refractivity contribution in [3.63, 3.8) is 0 Å². The summed E-state index contributed by atoms with van der Waals surface area (Å²) in [5.74, 6) is -1.26. The van der Waals surface area contributed by atoms with Crippen molar-refractivity contribution in [3.05, 3.63) is 24.3 Å². The van der Waals surface area contributed by atoms with Crippen molar-refractivity contribution in [2.24, 2.45) is 5.92 Å². The van der Waals surface area contributed by atoms with Gasteiger partial charge in [-0.05, 0) is 31.2 Å². The summed E-state index contributed by atoms with van der Waals surface area (Å²) in [5, 5.41) is 0. The molecule has 2 saturated heterocycles. The zero-order valence-corrected chi connectivity index (χ0v) is 16.6. The minimum atomic E-state index is -3.84. The van der Waals surface area contributed by atoms with Gasteiger partial charge in [-0.2, -0.15) is 0 Å². The highest BCUT2D eigenvalue weighted by molar-refractivity contribution is 6.22. The number of hydrogen-bond donors (Lipinski definition) is 1. The monoisotopic (exact) mass is 431 g/mol. The molecule has 7 nitrogen and oxygen atoms in total. The molecule has 0 bridgehead atoms. The minimum absolute atomic E-state index is 0.0657. The third-order valence-electron chi connectivity index (χ3n) is 5.22. The van der Waals surface area contributed by atoms with E-state index in [9.17, 15) is 23.2 Å². The van der Waals surface area contributed by atoms with E-state index in [4.69, 9.17) is 16.3 Å². The Kier molecular flexibility index (Phi) is 6.38. The number of likely N-dealkylation sites (tertiary alicyclic amines) is 1. The van der Waals surface area contributed by atoms with Crippen LogP contribution in [0.25, 0.3) is 0 Å². The Hall–Kier alpha value is -2.26. The van der Waals surface area contributed by atoms with Gasteiger partial charge in [-0.15, -0.1) is 8.78 Å². The van der Waals surface area contributed by atoms with E-state index in [-0.39, 0.29) is 41.6 Å². The van der Waals surface area contributed by atoms with Crippen LogP contribution in [0.4, 0.5) is 14.5 Å². The van der Waals surface area contributed by atoms with Crippen LogP contribution in [0.15, 0.2) is 24.3 Å². The van der Waals surface area contributed by atoms with Crippen LogP contribution in [-0.2, 0) is 19.1 Å². The topological polar surface area (TPSA) is 77.3 Å². The number of nitrogens with zero attached hydrogens (tertiary/aromatic N) is 1. The molecule has 10 heteroatoms. The number of esters is 1. The van der Waals surface area contributed by atoms with Gasteiger partial charge in [-0.25, -0.2) is 4.90 Å². The lowest BCUT2D eigenvalue weighted by molar-refractivity contribution is -0.920. The number of carbonyl (C=O) groups excluding carboxylic acids is 3. The molecule has 1 unspecified atom stereocenters. The summed E-state index contributed by atoms with van der Waals surface area (Å²) in [7, 11) is 0. The standard InChI is InChI=1S/C19H21ClF2N2O5/c1-2-28-18(27)12-7-9-23(10-8-12)15-11-16(25)24(17(15)26)13-3-5-14(6-4-13)29-19(20,21)22/h3-6,12,15H,2,7-11H2,1H3/p+1. The molecule has 0 saturated carbocycles. The Morgan fingerprint density at radius 3 is 2.41 bits per heavy atom. The molecule has 29 heavy (non-hydrogen) atoms. The van der Waals surface area contributed by atoms with Gasteiger partial charge in [0.05, 0.1) is 37.7 Å². The van der Waals surface area contributed by atoms with Crippen LogP contribution in [-0.4, -0.2) is 49.1 Å². The SMILES string of the molecule is CCOC(=O)C1CC[NH+](C2CC(=O)N(c3ccc(OC(F)(F)Cl)cc3)C2=O)CC1. The third-order valence-corrected chi connectivity index (χ3v) is 5.29. The number of anilines is 1. The van der Waals surface area contributed by atoms with Crippen LogP contribution in [0.2, 0.25) is 0 Å². The molecule has 2 heterocycles. The number of alkyl halides is 3. The molecule has 2 fully saturated rings. The molecule has 1 N–H and O–H groups in total. The zero-order chi connectivity index (χ0) is 21.2. The average molecular weight is 432 g/mol. The first kappa shape index (κ1) is 21.4. The van der Waals surface area contributed by atoms with E-state index in [2.05, 4.69) is 4.74 Å². The van der Waals surface area contributed by atoms with Gasteiger partial charge in [0.1, 0.15) is 5.75 Å². The summed E-state index contributed by atoms with van der Waals surface area (Å²) < 4.78 is 34.7. The van der Waals surface area contributed by atoms with Crippen molar-refractivity contribution in [1.82, 2.24) is 0 Å². The van der Waals surface area contributed by atoms with Crippen LogP contribution in [0.5, 0.6) is 5.75 Å². The van der Waals surface area contributed by atoms with Crippen LogP contribution >= 0.6 is 11.6 Å². The summed E-state index contributed by atoms with van der Waals surface area (Å²) in [6, 6.07) is 4.64. The second kappa shape index (κ2) is 8.62. The number of quaternary nitrogens is 1. The van der Waals surface area contributed by atoms with Gasteiger partial charge in [0.25, 0.3) is 5.91 Å². The first-order valence-corrected chi connectivity index (χ1v) is 9.81. The number of rotatable bonds is 6. The molecule has 0 spiro atoms. The van der Waals surface area contributed by atoms with Gasteiger partial charge in [-0.1, -0.05) is 0 Å². The smallest absolute Gasteiger partial charge is 0.466 e. The molecule has 158 valence electrons. The third kappa shape index (κ3) is 5.02. The number of halogens is 3. The summed E-state index contributed by atoms with van der Waals surface area (Å²) in [6.07, 6.45) is 1.27. The number of nitrogens with one attached hydrogen (secondary N) is 1. The maximum Gasteiger partial charge on any atom is 0.487 e. The van der Waals surface area contributed by atoms with Crippen molar-refractivity contribution in [1.29, 1.82) is 0 Å². The summed E-state index contributed by atoms with van der Waals surface area (Å²) in [6.45, 7) is 3.29. The zero-order valence-electron chi connectivity index (χ0n) is 15.8. The lowest BCUT2D eigenvalue weighted by Gasteiger charge is -2.31. The molecule has 0 aromatic heterocycles. The molecule has 2 aliphatic rings. The van der Waals surface area contributed by atoms with Gasteiger partial charge in [0.15, 0.2) is 6.04 Å². The molecule has 1 aromatic carbocycles. The number of carbonyl (C=O) groups is 3. The lowest BCUT2D eigenvalue weighted by atomic mass is 9.95. The maximum atomic E-state index is 12.9. The summed E-state index contributed by atoms with van der Waals surface area (Å²) in [4.78, 5) is 39.2. The van der Waals surface area contributed by atoms with Crippen LogP contribution in [0.3, 0.4) is 0 Å².